The molecule has 1 aromatic carbocycles. The zero-order valence-corrected chi connectivity index (χ0v) is 14.9. The highest BCUT2D eigenvalue weighted by Gasteiger charge is 1.99. The van der Waals surface area contributed by atoms with E-state index in [4.69, 9.17) is 0 Å². The van der Waals surface area contributed by atoms with Crippen LogP contribution in [0.15, 0.2) is 18.2 Å². The molecule has 0 unspecified atom stereocenters. The second-order valence-corrected chi connectivity index (χ2v) is 6.76. The van der Waals surface area contributed by atoms with Crippen molar-refractivity contribution < 1.29 is 5.11 Å². The molecule has 0 bridgehead atoms. The number of unbranched alkanes of at least 4 members (excludes halogenated alkanes) is 11. The van der Waals surface area contributed by atoms with Crippen LogP contribution in [0.1, 0.15) is 95.1 Å². The highest BCUT2D eigenvalue weighted by Crippen LogP contribution is 2.19. The van der Waals surface area contributed by atoms with Crippen LogP contribution in [-0.4, -0.2) is 5.11 Å². The summed E-state index contributed by atoms with van der Waals surface area (Å²) in [5, 5.41) is 9.52. The van der Waals surface area contributed by atoms with Crippen molar-refractivity contribution in [2.45, 2.75) is 97.3 Å². The molecule has 0 fully saturated rings. The lowest BCUT2D eigenvalue weighted by molar-refractivity contribution is 0.470. The van der Waals surface area contributed by atoms with Gasteiger partial charge in [-0.1, -0.05) is 89.7 Å². The van der Waals surface area contributed by atoms with Gasteiger partial charge in [-0.15, -0.1) is 0 Å². The lowest BCUT2D eigenvalue weighted by atomic mass is 10.0. The van der Waals surface area contributed by atoms with Crippen molar-refractivity contribution in [3.63, 3.8) is 0 Å². The van der Waals surface area contributed by atoms with Crippen LogP contribution in [0.4, 0.5) is 0 Å². The van der Waals surface area contributed by atoms with E-state index in [1.807, 2.05) is 13.0 Å². The second kappa shape index (κ2) is 12.6. The molecule has 0 aliphatic heterocycles. The average molecular weight is 305 g/mol. The Morgan fingerprint density at radius 3 is 1.73 bits per heavy atom. The maximum Gasteiger partial charge on any atom is 0.118 e. The van der Waals surface area contributed by atoms with E-state index in [0.717, 1.165) is 12.0 Å². The predicted octanol–water partition coefficient (Wildman–Crippen LogP) is 6.94. The number of rotatable bonds is 13. The van der Waals surface area contributed by atoms with Gasteiger partial charge in [0.1, 0.15) is 5.75 Å². The third kappa shape index (κ3) is 9.12. The van der Waals surface area contributed by atoms with E-state index in [1.54, 1.807) is 0 Å². The van der Waals surface area contributed by atoms with E-state index in [9.17, 15) is 5.11 Å². The molecule has 0 saturated carbocycles. The molecule has 0 saturated heterocycles. The molecule has 0 aromatic heterocycles. The molecule has 0 aliphatic rings. The summed E-state index contributed by atoms with van der Waals surface area (Å²) in [4.78, 5) is 0. The van der Waals surface area contributed by atoms with Gasteiger partial charge in [-0.2, -0.15) is 0 Å². The fourth-order valence-electron chi connectivity index (χ4n) is 3.04. The fourth-order valence-corrected chi connectivity index (χ4v) is 3.04. The Morgan fingerprint density at radius 1 is 0.727 bits per heavy atom. The van der Waals surface area contributed by atoms with Crippen LogP contribution in [0.2, 0.25) is 0 Å². The Hall–Kier alpha value is -0.980. The predicted molar refractivity (Wildman–Crippen MR) is 97.6 cm³/mol. The number of aromatic hydroxyl groups is 1. The maximum atomic E-state index is 9.52. The van der Waals surface area contributed by atoms with Crippen LogP contribution in [0.5, 0.6) is 5.75 Å². The molecule has 1 heteroatoms. The molecular formula is C21H36O. The molecule has 1 rings (SSSR count). The first-order valence-electron chi connectivity index (χ1n) is 9.52. The Bertz CT molecular complexity index is 383. The van der Waals surface area contributed by atoms with Crippen molar-refractivity contribution in [2.24, 2.45) is 0 Å². The summed E-state index contributed by atoms with van der Waals surface area (Å²) in [5.41, 5.74) is 2.36. The molecule has 1 N–H and O–H groups in total. The fraction of sp³-hybridized carbons (Fsp3) is 0.714. The maximum absolute atomic E-state index is 9.52. The summed E-state index contributed by atoms with van der Waals surface area (Å²) in [6, 6.07) is 6.00. The molecule has 0 radical (unpaired) electrons. The minimum absolute atomic E-state index is 0.415. The number of phenols is 1. The smallest absolute Gasteiger partial charge is 0.118 e. The molecular weight excluding hydrogens is 268 g/mol. The number of aryl methyl sites for hydroxylation is 2. The third-order valence-electron chi connectivity index (χ3n) is 4.58. The number of hydrogen-bond acceptors (Lipinski definition) is 1. The molecule has 0 heterocycles. The molecule has 1 aromatic rings. The van der Waals surface area contributed by atoms with E-state index in [0.29, 0.717) is 5.75 Å². The van der Waals surface area contributed by atoms with E-state index >= 15 is 0 Å². The highest BCUT2D eigenvalue weighted by atomic mass is 16.3. The summed E-state index contributed by atoms with van der Waals surface area (Å²) >= 11 is 0. The van der Waals surface area contributed by atoms with Crippen LogP contribution in [0, 0.1) is 6.92 Å². The van der Waals surface area contributed by atoms with Gasteiger partial charge in [-0.25, -0.2) is 0 Å². The first-order valence-corrected chi connectivity index (χ1v) is 9.52. The minimum Gasteiger partial charge on any atom is -0.508 e. The molecule has 1 nitrogen and oxygen atoms in total. The monoisotopic (exact) mass is 304 g/mol. The largest absolute Gasteiger partial charge is 0.508 e. The Kier molecular flexibility index (Phi) is 10.9. The topological polar surface area (TPSA) is 20.2 Å². The van der Waals surface area contributed by atoms with Gasteiger partial charge in [0.25, 0.3) is 0 Å². The van der Waals surface area contributed by atoms with Crippen molar-refractivity contribution in [3.8, 4) is 5.75 Å². The first kappa shape index (κ1) is 19.1. The number of hydrogen-bond donors (Lipinski definition) is 1. The molecule has 0 amide bonds. The Balaban J connectivity index is 1.88. The van der Waals surface area contributed by atoms with Crippen LogP contribution >= 0.6 is 0 Å². The van der Waals surface area contributed by atoms with E-state index < -0.39 is 0 Å². The van der Waals surface area contributed by atoms with E-state index in [2.05, 4.69) is 19.1 Å². The average Bonchev–Trinajstić information content (AvgIpc) is 2.52. The van der Waals surface area contributed by atoms with Gasteiger partial charge < -0.3 is 5.11 Å². The van der Waals surface area contributed by atoms with E-state index in [-0.39, 0.29) is 0 Å². The summed E-state index contributed by atoms with van der Waals surface area (Å²) in [6.45, 7) is 4.25. The van der Waals surface area contributed by atoms with Gasteiger partial charge in [0, 0.05) is 0 Å². The lowest BCUT2D eigenvalue weighted by Crippen LogP contribution is -1.88. The molecule has 22 heavy (non-hydrogen) atoms. The Labute approximate surface area is 138 Å². The zero-order chi connectivity index (χ0) is 16.0. The minimum atomic E-state index is 0.415. The van der Waals surface area contributed by atoms with Gasteiger partial charge in [-0.3, -0.25) is 0 Å². The third-order valence-corrected chi connectivity index (χ3v) is 4.58. The van der Waals surface area contributed by atoms with Crippen LogP contribution in [-0.2, 0) is 6.42 Å². The number of phenolic OH excluding ortho intramolecular Hbond substituents is 1. The van der Waals surface area contributed by atoms with E-state index in [1.165, 1.54) is 82.6 Å². The van der Waals surface area contributed by atoms with Crippen molar-refractivity contribution in [3.05, 3.63) is 29.3 Å². The quantitative estimate of drug-likeness (QED) is 0.391. The summed E-state index contributed by atoms with van der Waals surface area (Å²) in [7, 11) is 0. The second-order valence-electron chi connectivity index (χ2n) is 6.76. The van der Waals surface area contributed by atoms with Crippen LogP contribution in [0.3, 0.4) is 0 Å². The van der Waals surface area contributed by atoms with Crippen LogP contribution < -0.4 is 0 Å². The van der Waals surface area contributed by atoms with Crippen molar-refractivity contribution in [1.29, 1.82) is 0 Å². The normalized spacial score (nSPS) is 11.0. The number of benzene rings is 1. The van der Waals surface area contributed by atoms with Gasteiger partial charge in [0.15, 0.2) is 0 Å². The summed E-state index contributed by atoms with van der Waals surface area (Å²) < 4.78 is 0. The molecule has 0 atom stereocenters. The standard InChI is InChI=1S/C21H36O/c1-3-4-5-6-7-8-9-10-11-12-13-14-15-20-16-17-21(22)19(2)18-20/h16-18,22H,3-15H2,1-2H3. The zero-order valence-electron chi connectivity index (χ0n) is 14.9. The van der Waals surface area contributed by atoms with Gasteiger partial charge >= 0.3 is 0 Å². The molecule has 126 valence electrons. The lowest BCUT2D eigenvalue weighted by Gasteiger charge is -2.05. The van der Waals surface area contributed by atoms with Crippen molar-refractivity contribution in [1.82, 2.24) is 0 Å². The van der Waals surface area contributed by atoms with Gasteiger partial charge in [0.05, 0.1) is 0 Å². The van der Waals surface area contributed by atoms with Gasteiger partial charge in [0.2, 0.25) is 0 Å². The Morgan fingerprint density at radius 2 is 1.23 bits per heavy atom. The molecule has 0 spiro atoms. The van der Waals surface area contributed by atoms with Crippen molar-refractivity contribution in [2.75, 3.05) is 0 Å². The SMILES string of the molecule is CCCCCCCCCCCCCCc1ccc(O)c(C)c1. The van der Waals surface area contributed by atoms with Crippen LogP contribution in [0.25, 0.3) is 0 Å². The van der Waals surface area contributed by atoms with Crippen molar-refractivity contribution >= 4 is 0 Å². The summed E-state index contributed by atoms with van der Waals surface area (Å²) in [6.07, 6.45) is 18.0. The molecule has 0 aliphatic carbocycles. The summed E-state index contributed by atoms with van der Waals surface area (Å²) in [5.74, 6) is 0.415. The highest BCUT2D eigenvalue weighted by molar-refractivity contribution is 5.34. The first-order chi connectivity index (χ1) is 10.7. The van der Waals surface area contributed by atoms with Gasteiger partial charge in [-0.05, 0) is 37.0 Å².